The molecule has 8 nitrogen and oxygen atoms in total. The molecule has 0 saturated carbocycles. The number of aromatic nitrogens is 3. The zero-order chi connectivity index (χ0) is 20.5. The van der Waals surface area contributed by atoms with Gasteiger partial charge in [-0.25, -0.2) is 27.3 Å². The second-order valence-electron chi connectivity index (χ2n) is 5.80. The molecule has 0 fully saturated rings. The molecule has 1 N–H and O–H groups in total. The molecule has 0 spiro atoms. The van der Waals surface area contributed by atoms with E-state index in [0.29, 0.717) is 0 Å². The van der Waals surface area contributed by atoms with Gasteiger partial charge in [-0.15, -0.1) is 0 Å². The van der Waals surface area contributed by atoms with Crippen molar-refractivity contribution in [2.45, 2.75) is 16.5 Å². The van der Waals surface area contributed by atoms with Crippen LogP contribution in [0.25, 0.3) is 5.69 Å². The van der Waals surface area contributed by atoms with Crippen molar-refractivity contribution in [1.29, 1.82) is 0 Å². The molecule has 0 aliphatic heterocycles. The van der Waals surface area contributed by atoms with Gasteiger partial charge < -0.3 is 10.0 Å². The molecule has 0 saturated heterocycles. The van der Waals surface area contributed by atoms with Crippen molar-refractivity contribution in [2.75, 3.05) is 7.05 Å². The maximum Gasteiger partial charge on any atom is 0.407 e. The van der Waals surface area contributed by atoms with Crippen LogP contribution in [0.5, 0.6) is 0 Å². The lowest BCUT2D eigenvalue weighted by Crippen LogP contribution is -2.24. The van der Waals surface area contributed by atoms with Gasteiger partial charge in [-0.3, -0.25) is 0 Å². The van der Waals surface area contributed by atoms with E-state index in [9.17, 15) is 22.0 Å². The molecule has 0 aliphatic carbocycles. The van der Waals surface area contributed by atoms with E-state index in [1.807, 2.05) is 0 Å². The summed E-state index contributed by atoms with van der Waals surface area (Å²) in [5.74, 6) is -1.58. The summed E-state index contributed by atoms with van der Waals surface area (Å²) in [6, 6.07) is 7.94. The first-order chi connectivity index (χ1) is 13.2. The third kappa shape index (κ3) is 3.69. The monoisotopic (exact) mass is 408 g/mol. The van der Waals surface area contributed by atoms with Crippen LogP contribution >= 0.6 is 0 Å². The standard InChI is InChI=1S/C17H14F2N4O4S/c1-22(17(24)25)10-12-9-15(23(21-12)14-3-2-8-20-16(14)19)28(26,27)13-6-4-11(18)5-7-13/h2-9H,10H2,1H3,(H,24,25). The normalized spacial score (nSPS) is 11.4. The van der Waals surface area contributed by atoms with Crippen LogP contribution in [0.15, 0.2) is 58.6 Å². The molecule has 2 heterocycles. The van der Waals surface area contributed by atoms with E-state index in [0.717, 1.165) is 39.9 Å². The third-order valence-electron chi connectivity index (χ3n) is 3.82. The highest BCUT2D eigenvalue weighted by Crippen LogP contribution is 2.26. The van der Waals surface area contributed by atoms with Crippen molar-refractivity contribution < 1.29 is 27.1 Å². The quantitative estimate of drug-likeness (QED) is 0.514. The Bertz CT molecular complexity index is 1130. The SMILES string of the molecule is CN(Cc1cc(S(=O)(=O)c2ccc(F)cc2)n(-c2cccnc2F)n1)C(=O)O. The Morgan fingerprint density at radius 2 is 1.89 bits per heavy atom. The van der Waals surface area contributed by atoms with Crippen LogP contribution in [0.4, 0.5) is 13.6 Å². The molecule has 0 radical (unpaired) electrons. The largest absolute Gasteiger partial charge is 0.465 e. The molecular weight excluding hydrogens is 394 g/mol. The van der Waals surface area contributed by atoms with Crippen LogP contribution in [0, 0.1) is 11.8 Å². The second kappa shape index (κ2) is 7.35. The van der Waals surface area contributed by atoms with Crippen molar-refractivity contribution in [3.05, 3.63) is 66.1 Å². The number of carbonyl (C=O) groups is 1. The van der Waals surface area contributed by atoms with Gasteiger partial charge in [-0.2, -0.15) is 9.49 Å². The molecule has 2 aromatic heterocycles. The number of sulfone groups is 1. The molecule has 0 unspecified atom stereocenters. The van der Waals surface area contributed by atoms with E-state index >= 15 is 0 Å². The average molecular weight is 408 g/mol. The number of hydrogen-bond donors (Lipinski definition) is 1. The first kappa shape index (κ1) is 19.4. The minimum Gasteiger partial charge on any atom is -0.465 e. The van der Waals surface area contributed by atoms with E-state index in [-0.39, 0.29) is 22.8 Å². The molecule has 3 rings (SSSR count). The molecule has 0 atom stereocenters. The highest BCUT2D eigenvalue weighted by atomic mass is 32.2. The van der Waals surface area contributed by atoms with Crippen molar-refractivity contribution >= 4 is 15.9 Å². The van der Waals surface area contributed by atoms with Gasteiger partial charge in [-0.1, -0.05) is 0 Å². The molecule has 0 bridgehead atoms. The van der Waals surface area contributed by atoms with Crippen molar-refractivity contribution in [2.24, 2.45) is 0 Å². The lowest BCUT2D eigenvalue weighted by molar-refractivity contribution is 0.153. The van der Waals surface area contributed by atoms with E-state index in [1.54, 1.807) is 0 Å². The number of pyridine rings is 1. The summed E-state index contributed by atoms with van der Waals surface area (Å²) in [6.07, 6.45) is -0.0552. The smallest absolute Gasteiger partial charge is 0.407 e. The summed E-state index contributed by atoms with van der Waals surface area (Å²) in [7, 11) is -2.94. The summed E-state index contributed by atoms with van der Waals surface area (Å²) < 4.78 is 54.2. The summed E-state index contributed by atoms with van der Waals surface area (Å²) >= 11 is 0. The fourth-order valence-electron chi connectivity index (χ4n) is 2.43. The summed E-state index contributed by atoms with van der Waals surface area (Å²) in [5, 5.41) is 12.7. The second-order valence-corrected chi connectivity index (χ2v) is 7.69. The van der Waals surface area contributed by atoms with E-state index in [1.165, 1.54) is 25.4 Å². The highest BCUT2D eigenvalue weighted by molar-refractivity contribution is 7.91. The lowest BCUT2D eigenvalue weighted by atomic mass is 10.4. The number of nitrogens with zero attached hydrogens (tertiary/aromatic N) is 4. The van der Waals surface area contributed by atoms with Crippen LogP contribution in [0.3, 0.4) is 0 Å². The maximum atomic E-state index is 14.2. The topological polar surface area (TPSA) is 105 Å². The molecule has 3 aromatic rings. The molecule has 0 aliphatic rings. The Morgan fingerprint density at radius 1 is 1.21 bits per heavy atom. The zero-order valence-corrected chi connectivity index (χ0v) is 15.3. The van der Waals surface area contributed by atoms with Crippen LogP contribution in [0.1, 0.15) is 5.69 Å². The third-order valence-corrected chi connectivity index (χ3v) is 5.55. The highest BCUT2D eigenvalue weighted by Gasteiger charge is 2.27. The van der Waals surface area contributed by atoms with Gasteiger partial charge in [0.05, 0.1) is 17.1 Å². The molecule has 1 amide bonds. The Kier molecular flexibility index (Phi) is 5.10. The van der Waals surface area contributed by atoms with E-state index < -0.39 is 32.7 Å². The number of halogens is 2. The summed E-state index contributed by atoms with van der Waals surface area (Å²) in [6.45, 7) is -0.226. The predicted octanol–water partition coefficient (Wildman–Crippen LogP) is 2.49. The van der Waals surface area contributed by atoms with Gasteiger partial charge in [0.2, 0.25) is 15.8 Å². The predicted molar refractivity (Wildman–Crippen MR) is 92.7 cm³/mol. The minimum atomic E-state index is -4.21. The van der Waals surface area contributed by atoms with Gasteiger partial charge in [0.25, 0.3) is 0 Å². The van der Waals surface area contributed by atoms with E-state index in [2.05, 4.69) is 10.1 Å². The number of hydrogen-bond acceptors (Lipinski definition) is 5. The van der Waals surface area contributed by atoms with Crippen LogP contribution in [-0.2, 0) is 16.4 Å². The molecule has 28 heavy (non-hydrogen) atoms. The fourth-order valence-corrected chi connectivity index (χ4v) is 3.83. The van der Waals surface area contributed by atoms with Crippen molar-refractivity contribution in [1.82, 2.24) is 19.7 Å². The first-order valence-corrected chi connectivity index (χ1v) is 9.33. The Hall–Kier alpha value is -3.34. The average Bonchev–Trinajstić information content (AvgIpc) is 3.06. The van der Waals surface area contributed by atoms with Crippen LogP contribution < -0.4 is 0 Å². The van der Waals surface area contributed by atoms with Crippen LogP contribution in [-0.4, -0.2) is 46.3 Å². The number of amides is 1. The Morgan fingerprint density at radius 3 is 2.50 bits per heavy atom. The maximum absolute atomic E-state index is 14.2. The molecule has 1 aromatic carbocycles. The van der Waals surface area contributed by atoms with E-state index in [4.69, 9.17) is 5.11 Å². The van der Waals surface area contributed by atoms with Gasteiger partial charge in [0, 0.05) is 19.3 Å². The first-order valence-electron chi connectivity index (χ1n) is 7.84. The number of carboxylic acid groups (broad SMARTS) is 1. The van der Waals surface area contributed by atoms with Crippen molar-refractivity contribution in [3.63, 3.8) is 0 Å². The van der Waals surface area contributed by atoms with Crippen LogP contribution in [0.2, 0.25) is 0 Å². The van der Waals surface area contributed by atoms with Gasteiger partial charge in [-0.05, 0) is 36.4 Å². The van der Waals surface area contributed by atoms with Crippen molar-refractivity contribution in [3.8, 4) is 5.69 Å². The lowest BCUT2D eigenvalue weighted by Gasteiger charge is -2.10. The summed E-state index contributed by atoms with van der Waals surface area (Å²) in [4.78, 5) is 15.2. The Balaban J connectivity index is 2.18. The molecule has 11 heteroatoms. The Labute approximate surface area is 158 Å². The number of benzene rings is 1. The summed E-state index contributed by atoms with van der Waals surface area (Å²) in [5.41, 5.74) is -0.152. The van der Waals surface area contributed by atoms with Gasteiger partial charge in [0.15, 0.2) is 5.03 Å². The fraction of sp³-hybridized carbons (Fsp3) is 0.118. The minimum absolute atomic E-state index is 0.0776. The molecular formula is C17H14F2N4O4S. The number of rotatable bonds is 5. The van der Waals surface area contributed by atoms with Gasteiger partial charge in [0.1, 0.15) is 11.5 Å². The zero-order valence-electron chi connectivity index (χ0n) is 14.5. The molecule has 146 valence electrons. The van der Waals surface area contributed by atoms with Gasteiger partial charge >= 0.3 is 6.09 Å².